The van der Waals surface area contributed by atoms with Crippen molar-refractivity contribution in [2.75, 3.05) is 6.61 Å². The first-order chi connectivity index (χ1) is 12.4. The van der Waals surface area contributed by atoms with Gasteiger partial charge in [0.05, 0.1) is 23.3 Å². The van der Waals surface area contributed by atoms with Gasteiger partial charge in [-0.25, -0.2) is 14.8 Å². The topological polar surface area (TPSA) is 90.4 Å². The average molecular weight is 378 g/mol. The molecule has 0 fully saturated rings. The Morgan fingerprint density at radius 2 is 2.00 bits per heavy atom. The number of hydrogen-bond donors (Lipinski definition) is 1. The highest BCUT2D eigenvalue weighted by Gasteiger charge is 2.16. The standard InChI is InChI=1S/C18H20ClN3O4/c1-4-25-18(24)13-7-14(19)16(21-10-13)17(23)22-9-12-5-6-15(20-8-12)26-11(2)3/h5-8,10-11H,4,9H2,1-3H3,(H,22,23). The van der Waals surface area contributed by atoms with Gasteiger partial charge in [-0.2, -0.15) is 0 Å². The number of ether oxygens (including phenoxy) is 2. The van der Waals surface area contributed by atoms with E-state index in [1.54, 1.807) is 19.2 Å². The Bertz CT molecular complexity index is 779. The van der Waals surface area contributed by atoms with E-state index in [4.69, 9.17) is 21.1 Å². The number of rotatable bonds is 7. The largest absolute Gasteiger partial charge is 0.475 e. The first kappa shape index (κ1) is 19.7. The molecule has 1 amide bonds. The van der Waals surface area contributed by atoms with Gasteiger partial charge in [0.15, 0.2) is 0 Å². The molecule has 2 rings (SSSR count). The summed E-state index contributed by atoms with van der Waals surface area (Å²) in [7, 11) is 0. The number of carbonyl (C=O) groups excluding carboxylic acids is 2. The Morgan fingerprint density at radius 1 is 1.23 bits per heavy atom. The van der Waals surface area contributed by atoms with Gasteiger partial charge in [0.2, 0.25) is 5.88 Å². The molecule has 0 aliphatic rings. The summed E-state index contributed by atoms with van der Waals surface area (Å²) in [4.78, 5) is 32.0. The Morgan fingerprint density at radius 3 is 2.58 bits per heavy atom. The zero-order valence-electron chi connectivity index (χ0n) is 14.8. The van der Waals surface area contributed by atoms with Gasteiger partial charge in [0.1, 0.15) is 5.69 Å². The number of pyridine rings is 2. The number of hydrogen-bond acceptors (Lipinski definition) is 6. The number of nitrogens with zero attached hydrogens (tertiary/aromatic N) is 2. The van der Waals surface area contributed by atoms with Crippen molar-refractivity contribution in [1.82, 2.24) is 15.3 Å². The highest BCUT2D eigenvalue weighted by Crippen LogP contribution is 2.16. The Kier molecular flexibility index (Phi) is 6.91. The summed E-state index contributed by atoms with van der Waals surface area (Å²) in [5.41, 5.74) is 1.03. The average Bonchev–Trinajstić information content (AvgIpc) is 2.60. The predicted octanol–water partition coefficient (Wildman–Crippen LogP) is 3.02. The first-order valence-corrected chi connectivity index (χ1v) is 8.51. The fourth-order valence-corrected chi connectivity index (χ4v) is 2.28. The molecule has 0 radical (unpaired) electrons. The van der Waals surface area contributed by atoms with E-state index in [1.807, 2.05) is 19.9 Å². The molecular formula is C18H20ClN3O4. The summed E-state index contributed by atoms with van der Waals surface area (Å²) in [5, 5.41) is 2.78. The number of amides is 1. The van der Waals surface area contributed by atoms with E-state index >= 15 is 0 Å². The maximum atomic E-state index is 12.2. The van der Waals surface area contributed by atoms with E-state index in [-0.39, 0.29) is 35.5 Å². The third-order valence-electron chi connectivity index (χ3n) is 3.17. The van der Waals surface area contributed by atoms with Gasteiger partial charge < -0.3 is 14.8 Å². The Balaban J connectivity index is 1.98. The Labute approximate surface area is 156 Å². The summed E-state index contributed by atoms with van der Waals surface area (Å²) >= 11 is 6.06. The molecule has 2 aromatic rings. The van der Waals surface area contributed by atoms with Crippen molar-refractivity contribution in [3.05, 3.63) is 52.4 Å². The molecule has 1 N–H and O–H groups in total. The summed E-state index contributed by atoms with van der Waals surface area (Å²) in [5.74, 6) is -0.467. The molecule has 0 bridgehead atoms. The number of nitrogens with one attached hydrogen (secondary N) is 1. The van der Waals surface area contributed by atoms with E-state index in [0.717, 1.165) is 5.56 Å². The second-order valence-corrected chi connectivity index (χ2v) is 6.04. The fraction of sp³-hybridized carbons (Fsp3) is 0.333. The highest BCUT2D eigenvalue weighted by atomic mass is 35.5. The minimum atomic E-state index is -0.538. The van der Waals surface area contributed by atoms with Gasteiger partial charge in [-0.3, -0.25) is 4.79 Å². The number of aromatic nitrogens is 2. The summed E-state index contributed by atoms with van der Waals surface area (Å²) in [6, 6.07) is 4.91. The first-order valence-electron chi connectivity index (χ1n) is 8.13. The van der Waals surface area contributed by atoms with E-state index < -0.39 is 11.9 Å². The van der Waals surface area contributed by atoms with Crippen molar-refractivity contribution in [1.29, 1.82) is 0 Å². The number of halogens is 1. The molecule has 2 aromatic heterocycles. The molecule has 138 valence electrons. The molecular weight excluding hydrogens is 358 g/mol. The van der Waals surface area contributed by atoms with Crippen LogP contribution in [0.1, 0.15) is 47.2 Å². The van der Waals surface area contributed by atoms with Crippen LogP contribution in [0.4, 0.5) is 0 Å². The minimum absolute atomic E-state index is 0.0347. The van der Waals surface area contributed by atoms with Gasteiger partial charge in [0.25, 0.3) is 5.91 Å². The SMILES string of the molecule is CCOC(=O)c1cnc(C(=O)NCc2ccc(OC(C)C)nc2)c(Cl)c1. The van der Waals surface area contributed by atoms with E-state index in [1.165, 1.54) is 12.3 Å². The van der Waals surface area contributed by atoms with Crippen LogP contribution in [0.3, 0.4) is 0 Å². The lowest BCUT2D eigenvalue weighted by atomic mass is 10.2. The van der Waals surface area contributed by atoms with Crippen LogP contribution in [0.5, 0.6) is 5.88 Å². The maximum absolute atomic E-state index is 12.2. The van der Waals surface area contributed by atoms with Crippen LogP contribution < -0.4 is 10.1 Å². The molecule has 8 heteroatoms. The lowest BCUT2D eigenvalue weighted by Gasteiger charge is -2.10. The Hall–Kier alpha value is -2.67. The van der Waals surface area contributed by atoms with Crippen LogP contribution in [0.15, 0.2) is 30.6 Å². The molecule has 7 nitrogen and oxygen atoms in total. The molecule has 0 saturated heterocycles. The van der Waals surface area contributed by atoms with Gasteiger partial charge in [-0.05, 0) is 32.4 Å². The van der Waals surface area contributed by atoms with E-state index in [2.05, 4.69) is 15.3 Å². The van der Waals surface area contributed by atoms with Crippen LogP contribution in [0.2, 0.25) is 5.02 Å². The third-order valence-corrected chi connectivity index (χ3v) is 3.46. The van der Waals surface area contributed by atoms with Crippen LogP contribution >= 0.6 is 11.6 Å². The zero-order valence-corrected chi connectivity index (χ0v) is 15.5. The molecule has 0 saturated carbocycles. The lowest BCUT2D eigenvalue weighted by Crippen LogP contribution is -2.24. The van der Waals surface area contributed by atoms with Crippen LogP contribution in [-0.4, -0.2) is 34.6 Å². The van der Waals surface area contributed by atoms with Gasteiger partial charge in [-0.1, -0.05) is 17.7 Å². The summed E-state index contributed by atoms with van der Waals surface area (Å²) < 4.78 is 10.3. The molecule has 0 aliphatic carbocycles. The normalized spacial score (nSPS) is 10.5. The van der Waals surface area contributed by atoms with Crippen molar-refractivity contribution in [2.45, 2.75) is 33.4 Å². The lowest BCUT2D eigenvalue weighted by molar-refractivity contribution is 0.0525. The number of esters is 1. The van der Waals surface area contributed by atoms with E-state index in [0.29, 0.717) is 5.88 Å². The van der Waals surface area contributed by atoms with E-state index in [9.17, 15) is 9.59 Å². The van der Waals surface area contributed by atoms with Gasteiger partial charge >= 0.3 is 5.97 Å². The fourth-order valence-electron chi connectivity index (χ4n) is 2.02. The van der Waals surface area contributed by atoms with Crippen molar-refractivity contribution in [3.8, 4) is 5.88 Å². The monoisotopic (exact) mass is 377 g/mol. The van der Waals surface area contributed by atoms with Crippen molar-refractivity contribution in [2.24, 2.45) is 0 Å². The molecule has 0 unspecified atom stereocenters. The van der Waals surface area contributed by atoms with Gasteiger partial charge in [0, 0.05) is 25.0 Å². The highest BCUT2D eigenvalue weighted by molar-refractivity contribution is 6.33. The smallest absolute Gasteiger partial charge is 0.339 e. The van der Waals surface area contributed by atoms with Crippen molar-refractivity contribution in [3.63, 3.8) is 0 Å². The summed E-state index contributed by atoms with van der Waals surface area (Å²) in [6.45, 7) is 6.03. The zero-order chi connectivity index (χ0) is 19.1. The van der Waals surface area contributed by atoms with Crippen molar-refractivity contribution < 1.29 is 19.1 Å². The second kappa shape index (κ2) is 9.15. The molecule has 0 spiro atoms. The van der Waals surface area contributed by atoms with Crippen molar-refractivity contribution >= 4 is 23.5 Å². The number of carbonyl (C=O) groups is 2. The molecule has 2 heterocycles. The predicted molar refractivity (Wildman–Crippen MR) is 96.4 cm³/mol. The maximum Gasteiger partial charge on any atom is 0.339 e. The molecule has 0 atom stereocenters. The van der Waals surface area contributed by atoms with Crippen LogP contribution in [0, 0.1) is 0 Å². The third kappa shape index (κ3) is 5.42. The molecule has 0 aliphatic heterocycles. The second-order valence-electron chi connectivity index (χ2n) is 5.63. The molecule has 0 aromatic carbocycles. The van der Waals surface area contributed by atoms with Crippen LogP contribution in [-0.2, 0) is 11.3 Å². The quantitative estimate of drug-likeness (QED) is 0.746. The summed E-state index contributed by atoms with van der Waals surface area (Å²) in [6.07, 6.45) is 2.92. The molecule has 26 heavy (non-hydrogen) atoms. The van der Waals surface area contributed by atoms with Gasteiger partial charge in [-0.15, -0.1) is 0 Å². The minimum Gasteiger partial charge on any atom is -0.475 e. The van der Waals surface area contributed by atoms with Crippen LogP contribution in [0.25, 0.3) is 0 Å².